The van der Waals surface area contributed by atoms with E-state index in [-0.39, 0.29) is 11.7 Å². The van der Waals surface area contributed by atoms with Gasteiger partial charge in [-0.25, -0.2) is 0 Å². The van der Waals surface area contributed by atoms with Gasteiger partial charge in [-0.3, -0.25) is 4.79 Å². The van der Waals surface area contributed by atoms with Gasteiger partial charge in [0, 0.05) is 6.54 Å². The van der Waals surface area contributed by atoms with Crippen molar-refractivity contribution in [2.24, 2.45) is 0 Å². The number of ether oxygens (including phenoxy) is 1. The lowest BCUT2D eigenvalue weighted by molar-refractivity contribution is -0.109. The Morgan fingerprint density at radius 2 is 1.89 bits per heavy atom. The number of carbonyl (C=O) groups is 1. The molecular formula is C15H23NO2. The average Bonchev–Trinajstić information content (AvgIpc) is 2.25. The van der Waals surface area contributed by atoms with Crippen LogP contribution in [0, 0.1) is 0 Å². The summed E-state index contributed by atoms with van der Waals surface area (Å²) in [5.74, 6) is 0. The van der Waals surface area contributed by atoms with E-state index in [0.29, 0.717) is 6.54 Å². The highest BCUT2D eigenvalue weighted by Gasteiger charge is 2.16. The van der Waals surface area contributed by atoms with E-state index in [9.17, 15) is 4.79 Å². The lowest BCUT2D eigenvalue weighted by atomic mass is 10.0. The molecule has 0 saturated heterocycles. The van der Waals surface area contributed by atoms with E-state index in [0.717, 1.165) is 18.4 Å². The van der Waals surface area contributed by atoms with E-state index in [1.807, 2.05) is 18.2 Å². The summed E-state index contributed by atoms with van der Waals surface area (Å²) in [7, 11) is 0. The second-order valence-electron chi connectivity index (χ2n) is 5.51. The molecule has 0 aromatic heterocycles. The van der Waals surface area contributed by atoms with Crippen molar-refractivity contribution in [1.29, 1.82) is 0 Å². The van der Waals surface area contributed by atoms with Gasteiger partial charge in [0.25, 0.3) is 0 Å². The fourth-order valence-corrected chi connectivity index (χ4v) is 2.04. The largest absolute Gasteiger partial charge is 0.373 e. The number of nitrogens with one attached hydrogen (secondary N) is 1. The Hall–Kier alpha value is -1.35. The maximum absolute atomic E-state index is 10.4. The molecule has 0 aliphatic rings. The van der Waals surface area contributed by atoms with Crippen LogP contribution in [0.3, 0.4) is 0 Å². The molecule has 0 aliphatic heterocycles. The maximum atomic E-state index is 10.4. The zero-order valence-electron chi connectivity index (χ0n) is 11.7. The van der Waals surface area contributed by atoms with Crippen LogP contribution in [0.5, 0.6) is 0 Å². The third-order valence-electron chi connectivity index (χ3n) is 2.56. The summed E-state index contributed by atoms with van der Waals surface area (Å²) in [5, 5.41) is 2.71. The molecule has 0 bridgehead atoms. The first-order valence-electron chi connectivity index (χ1n) is 6.34. The summed E-state index contributed by atoms with van der Waals surface area (Å²) < 4.78 is 5.91. The highest BCUT2D eigenvalue weighted by atomic mass is 16.5. The van der Waals surface area contributed by atoms with E-state index < -0.39 is 0 Å². The minimum absolute atomic E-state index is 0.130. The Morgan fingerprint density at radius 3 is 2.44 bits per heavy atom. The highest BCUT2D eigenvalue weighted by Crippen LogP contribution is 2.17. The molecule has 0 aliphatic carbocycles. The molecule has 0 heterocycles. The van der Waals surface area contributed by atoms with E-state index in [1.165, 1.54) is 5.56 Å². The van der Waals surface area contributed by atoms with Gasteiger partial charge in [-0.1, -0.05) is 24.3 Å². The molecule has 1 aromatic carbocycles. The summed E-state index contributed by atoms with van der Waals surface area (Å²) in [4.78, 5) is 10.4. The van der Waals surface area contributed by atoms with Crippen LogP contribution < -0.4 is 5.32 Å². The summed E-state index contributed by atoms with van der Waals surface area (Å²) >= 11 is 0. The van der Waals surface area contributed by atoms with Gasteiger partial charge in [-0.15, -0.1) is 0 Å². The topological polar surface area (TPSA) is 38.3 Å². The van der Waals surface area contributed by atoms with Crippen LogP contribution in [0.1, 0.15) is 38.8 Å². The molecule has 1 rings (SSSR count). The first-order valence-corrected chi connectivity index (χ1v) is 6.34. The number of hydrogen-bond acceptors (Lipinski definition) is 2. The molecule has 0 spiro atoms. The first kappa shape index (κ1) is 14.7. The van der Waals surface area contributed by atoms with Crippen molar-refractivity contribution in [2.75, 3.05) is 0 Å². The van der Waals surface area contributed by atoms with Crippen LogP contribution in [0.2, 0.25) is 0 Å². The van der Waals surface area contributed by atoms with Crippen molar-refractivity contribution in [3.05, 3.63) is 35.4 Å². The minimum atomic E-state index is -0.130. The molecule has 0 unspecified atom stereocenters. The molecule has 1 amide bonds. The van der Waals surface area contributed by atoms with Gasteiger partial charge in [0.2, 0.25) is 6.41 Å². The number of carbonyl (C=O) groups excluding carboxylic acids is 1. The zero-order chi connectivity index (χ0) is 13.6. The van der Waals surface area contributed by atoms with E-state index >= 15 is 0 Å². The lowest BCUT2D eigenvalue weighted by Crippen LogP contribution is -2.27. The third-order valence-corrected chi connectivity index (χ3v) is 2.56. The molecule has 1 aromatic rings. The van der Waals surface area contributed by atoms with Crippen molar-refractivity contribution in [2.45, 2.75) is 52.4 Å². The second-order valence-corrected chi connectivity index (χ2v) is 5.51. The quantitative estimate of drug-likeness (QED) is 0.787. The van der Waals surface area contributed by atoms with E-state index in [1.54, 1.807) is 0 Å². The van der Waals surface area contributed by atoms with Crippen molar-refractivity contribution < 1.29 is 9.53 Å². The number of rotatable bonds is 6. The molecular weight excluding hydrogens is 226 g/mol. The highest BCUT2D eigenvalue weighted by molar-refractivity contribution is 5.46. The number of benzene rings is 1. The van der Waals surface area contributed by atoms with Crippen LogP contribution in [0.25, 0.3) is 0 Å². The molecule has 3 heteroatoms. The normalized spacial score (nSPS) is 13.1. The Bertz CT molecular complexity index is 382. The molecule has 1 N–H and O–H groups in total. The average molecular weight is 249 g/mol. The Morgan fingerprint density at radius 1 is 1.28 bits per heavy atom. The fourth-order valence-electron chi connectivity index (χ4n) is 2.04. The van der Waals surface area contributed by atoms with Crippen LogP contribution in [-0.4, -0.2) is 18.1 Å². The van der Waals surface area contributed by atoms with Gasteiger partial charge in [-0.2, -0.15) is 0 Å². The van der Waals surface area contributed by atoms with E-state index in [2.05, 4.69) is 39.1 Å². The van der Waals surface area contributed by atoms with Gasteiger partial charge in [-0.05, 0) is 45.2 Å². The SMILES string of the molecule is C[C@@H](Cc1ccccc1CNC=O)OC(C)(C)C. The second kappa shape index (κ2) is 6.55. The third kappa shape index (κ3) is 5.32. The van der Waals surface area contributed by atoms with Gasteiger partial charge in [0.1, 0.15) is 0 Å². The fraction of sp³-hybridized carbons (Fsp3) is 0.533. The van der Waals surface area contributed by atoms with Crippen molar-refractivity contribution in [1.82, 2.24) is 5.32 Å². The maximum Gasteiger partial charge on any atom is 0.207 e. The van der Waals surface area contributed by atoms with Crippen molar-refractivity contribution >= 4 is 6.41 Å². The number of amides is 1. The minimum Gasteiger partial charge on any atom is -0.373 e. The van der Waals surface area contributed by atoms with Crippen molar-refractivity contribution in [3.63, 3.8) is 0 Å². The molecule has 0 saturated carbocycles. The summed E-state index contributed by atoms with van der Waals surface area (Å²) in [6.07, 6.45) is 1.74. The van der Waals surface area contributed by atoms with Crippen LogP contribution >= 0.6 is 0 Å². The zero-order valence-corrected chi connectivity index (χ0v) is 11.7. The Labute approximate surface area is 110 Å². The van der Waals surface area contributed by atoms with Gasteiger partial charge < -0.3 is 10.1 Å². The van der Waals surface area contributed by atoms with Crippen LogP contribution in [0.15, 0.2) is 24.3 Å². The number of hydrogen-bond donors (Lipinski definition) is 1. The molecule has 3 nitrogen and oxygen atoms in total. The lowest BCUT2D eigenvalue weighted by Gasteiger charge is -2.25. The Kier molecular flexibility index (Phi) is 5.35. The van der Waals surface area contributed by atoms with E-state index in [4.69, 9.17) is 4.74 Å². The van der Waals surface area contributed by atoms with Gasteiger partial charge in [0.15, 0.2) is 0 Å². The van der Waals surface area contributed by atoms with Crippen LogP contribution in [0.4, 0.5) is 0 Å². The van der Waals surface area contributed by atoms with Crippen molar-refractivity contribution in [3.8, 4) is 0 Å². The molecule has 100 valence electrons. The summed E-state index contributed by atoms with van der Waals surface area (Å²) in [5.41, 5.74) is 2.24. The predicted octanol–water partition coefficient (Wildman–Crippen LogP) is 2.68. The molecule has 0 radical (unpaired) electrons. The predicted molar refractivity (Wildman–Crippen MR) is 73.3 cm³/mol. The standard InChI is InChI=1S/C15H23NO2/c1-12(18-15(2,3)4)9-13-7-5-6-8-14(13)10-16-11-17/h5-8,11-12H,9-10H2,1-4H3,(H,16,17)/t12-/m0/s1. The van der Waals surface area contributed by atoms with Gasteiger partial charge >= 0.3 is 0 Å². The monoisotopic (exact) mass is 249 g/mol. The Balaban J connectivity index is 2.68. The molecule has 1 atom stereocenters. The first-order chi connectivity index (χ1) is 8.42. The smallest absolute Gasteiger partial charge is 0.207 e. The molecule has 18 heavy (non-hydrogen) atoms. The summed E-state index contributed by atoms with van der Waals surface area (Å²) in [6, 6.07) is 8.13. The summed E-state index contributed by atoms with van der Waals surface area (Å²) in [6.45, 7) is 8.83. The molecule has 0 fully saturated rings. The van der Waals surface area contributed by atoms with Gasteiger partial charge in [0.05, 0.1) is 11.7 Å². The van der Waals surface area contributed by atoms with Crippen LogP contribution in [-0.2, 0) is 22.5 Å².